The molecule has 0 radical (unpaired) electrons. The fourth-order valence-corrected chi connectivity index (χ4v) is 2.16. The van der Waals surface area contributed by atoms with Crippen molar-refractivity contribution in [3.05, 3.63) is 64.2 Å². The van der Waals surface area contributed by atoms with Crippen molar-refractivity contribution in [3.8, 4) is 5.75 Å². The lowest BCUT2D eigenvalue weighted by atomic mass is 9.98. The van der Waals surface area contributed by atoms with Gasteiger partial charge in [0.25, 0.3) is 0 Å². The molecule has 0 saturated heterocycles. The summed E-state index contributed by atoms with van der Waals surface area (Å²) >= 11 is 6.16. The first kappa shape index (κ1) is 13.9. The Morgan fingerprint density at radius 2 is 1.74 bits per heavy atom. The summed E-state index contributed by atoms with van der Waals surface area (Å²) in [7, 11) is 1.65. The molecule has 2 aromatic carbocycles. The van der Waals surface area contributed by atoms with Gasteiger partial charge in [0.05, 0.1) is 13.2 Å². The Hall–Kier alpha value is -1.55. The van der Waals surface area contributed by atoms with Gasteiger partial charge >= 0.3 is 0 Å². The number of nitrogens with one attached hydrogen (secondary N) is 1. The summed E-state index contributed by atoms with van der Waals surface area (Å²) in [6, 6.07) is 13.6. The van der Waals surface area contributed by atoms with Gasteiger partial charge in [0.15, 0.2) is 0 Å². The second-order valence-corrected chi connectivity index (χ2v) is 4.79. The quantitative estimate of drug-likeness (QED) is 0.666. The van der Waals surface area contributed by atoms with E-state index < -0.39 is 0 Å². The molecule has 1 atom stereocenters. The van der Waals surface area contributed by atoms with Gasteiger partial charge in [0.2, 0.25) is 0 Å². The fraction of sp³-hybridized carbons (Fsp3) is 0.200. The Balaban J connectivity index is 2.34. The lowest BCUT2D eigenvalue weighted by Crippen LogP contribution is -2.28. The molecular weight excluding hydrogens is 260 g/mol. The van der Waals surface area contributed by atoms with Gasteiger partial charge in [-0.3, -0.25) is 5.84 Å². The molecule has 0 fully saturated rings. The smallest absolute Gasteiger partial charge is 0.118 e. The number of halogens is 1. The third-order valence-electron chi connectivity index (χ3n) is 3.15. The molecule has 1 unspecified atom stereocenters. The molecule has 0 aliphatic heterocycles. The topological polar surface area (TPSA) is 47.3 Å². The van der Waals surface area contributed by atoms with Crippen molar-refractivity contribution < 1.29 is 4.74 Å². The number of rotatable bonds is 4. The minimum atomic E-state index is -0.0935. The third-order valence-corrected chi connectivity index (χ3v) is 3.55. The van der Waals surface area contributed by atoms with E-state index >= 15 is 0 Å². The standard InChI is InChI=1S/C15H17ClN2O/c1-10-3-4-12(9-14(10)16)15(18-17)11-5-7-13(19-2)8-6-11/h3-9,15,18H,17H2,1-2H3. The van der Waals surface area contributed by atoms with E-state index in [2.05, 4.69) is 5.43 Å². The van der Waals surface area contributed by atoms with Crippen LogP contribution in [0.15, 0.2) is 42.5 Å². The maximum Gasteiger partial charge on any atom is 0.118 e. The molecule has 0 aromatic heterocycles. The van der Waals surface area contributed by atoms with E-state index in [1.54, 1.807) is 7.11 Å². The van der Waals surface area contributed by atoms with Gasteiger partial charge in [-0.25, -0.2) is 5.43 Å². The van der Waals surface area contributed by atoms with E-state index in [0.29, 0.717) is 0 Å². The number of methoxy groups -OCH3 is 1. The summed E-state index contributed by atoms with van der Waals surface area (Å²) in [6.07, 6.45) is 0. The lowest BCUT2D eigenvalue weighted by molar-refractivity contribution is 0.414. The fourth-order valence-electron chi connectivity index (χ4n) is 1.97. The largest absolute Gasteiger partial charge is 0.497 e. The SMILES string of the molecule is COc1ccc(C(NN)c2ccc(C)c(Cl)c2)cc1. The highest BCUT2D eigenvalue weighted by Gasteiger charge is 2.13. The number of ether oxygens (including phenoxy) is 1. The van der Waals surface area contributed by atoms with Crippen LogP contribution in [-0.2, 0) is 0 Å². The van der Waals surface area contributed by atoms with E-state index in [0.717, 1.165) is 27.5 Å². The van der Waals surface area contributed by atoms with Crippen LogP contribution in [0.4, 0.5) is 0 Å². The highest BCUT2D eigenvalue weighted by atomic mass is 35.5. The maximum atomic E-state index is 6.16. The summed E-state index contributed by atoms with van der Waals surface area (Å²) in [5, 5.41) is 0.742. The summed E-state index contributed by atoms with van der Waals surface area (Å²) < 4.78 is 5.15. The van der Waals surface area contributed by atoms with E-state index in [1.165, 1.54) is 0 Å². The van der Waals surface area contributed by atoms with Gasteiger partial charge < -0.3 is 4.74 Å². The molecule has 0 saturated carbocycles. The molecule has 0 aliphatic carbocycles. The predicted molar refractivity (Wildman–Crippen MR) is 78.3 cm³/mol. The molecule has 4 heteroatoms. The van der Waals surface area contributed by atoms with Gasteiger partial charge in [-0.15, -0.1) is 0 Å². The first-order valence-electron chi connectivity index (χ1n) is 6.02. The maximum absolute atomic E-state index is 6.16. The van der Waals surface area contributed by atoms with Crippen LogP contribution >= 0.6 is 11.6 Å². The van der Waals surface area contributed by atoms with Crippen molar-refractivity contribution in [1.82, 2.24) is 5.43 Å². The average Bonchev–Trinajstić information content (AvgIpc) is 2.44. The second-order valence-electron chi connectivity index (χ2n) is 4.38. The van der Waals surface area contributed by atoms with Crippen LogP contribution in [0.25, 0.3) is 0 Å². The average molecular weight is 277 g/mol. The lowest BCUT2D eigenvalue weighted by Gasteiger charge is -2.18. The summed E-state index contributed by atoms with van der Waals surface area (Å²) in [6.45, 7) is 1.98. The summed E-state index contributed by atoms with van der Waals surface area (Å²) in [5.41, 5.74) is 5.96. The van der Waals surface area contributed by atoms with Crippen LogP contribution in [0.5, 0.6) is 5.75 Å². The first-order chi connectivity index (χ1) is 9.15. The zero-order valence-corrected chi connectivity index (χ0v) is 11.7. The van der Waals surface area contributed by atoms with Crippen molar-refractivity contribution in [3.63, 3.8) is 0 Å². The predicted octanol–water partition coefficient (Wildman–Crippen LogP) is 3.21. The highest BCUT2D eigenvalue weighted by Crippen LogP contribution is 2.26. The van der Waals surface area contributed by atoms with Crippen molar-refractivity contribution >= 4 is 11.6 Å². The third kappa shape index (κ3) is 3.07. The normalized spacial score (nSPS) is 12.2. The van der Waals surface area contributed by atoms with E-state index in [4.69, 9.17) is 22.2 Å². The summed E-state index contributed by atoms with van der Waals surface area (Å²) in [5.74, 6) is 6.49. The Morgan fingerprint density at radius 1 is 1.11 bits per heavy atom. The van der Waals surface area contributed by atoms with Gasteiger partial charge in [0.1, 0.15) is 5.75 Å². The van der Waals surface area contributed by atoms with Crippen LogP contribution in [0, 0.1) is 6.92 Å². The molecule has 0 heterocycles. The van der Waals surface area contributed by atoms with E-state index in [1.807, 2.05) is 49.4 Å². The molecular formula is C15H17ClN2O. The van der Waals surface area contributed by atoms with Crippen LogP contribution in [0.3, 0.4) is 0 Å². The number of hydrogen-bond acceptors (Lipinski definition) is 3. The molecule has 0 aliphatic rings. The van der Waals surface area contributed by atoms with E-state index in [9.17, 15) is 0 Å². The minimum absolute atomic E-state index is 0.0935. The molecule has 100 valence electrons. The number of benzene rings is 2. The Labute approximate surface area is 118 Å². The van der Waals surface area contributed by atoms with Crippen LogP contribution in [0.2, 0.25) is 5.02 Å². The molecule has 0 amide bonds. The Kier molecular flexibility index (Phi) is 4.43. The minimum Gasteiger partial charge on any atom is -0.497 e. The molecule has 2 rings (SSSR count). The van der Waals surface area contributed by atoms with Crippen LogP contribution in [0.1, 0.15) is 22.7 Å². The van der Waals surface area contributed by atoms with Crippen molar-refractivity contribution in [2.24, 2.45) is 5.84 Å². The van der Waals surface area contributed by atoms with Crippen LogP contribution < -0.4 is 16.0 Å². The molecule has 19 heavy (non-hydrogen) atoms. The van der Waals surface area contributed by atoms with Gasteiger partial charge in [0, 0.05) is 5.02 Å². The summed E-state index contributed by atoms with van der Waals surface area (Å²) in [4.78, 5) is 0. The van der Waals surface area contributed by atoms with Crippen molar-refractivity contribution in [2.45, 2.75) is 13.0 Å². The van der Waals surface area contributed by atoms with E-state index in [-0.39, 0.29) is 6.04 Å². The molecule has 3 N–H and O–H groups in total. The van der Waals surface area contributed by atoms with Gasteiger partial charge in [-0.05, 0) is 41.8 Å². The van der Waals surface area contributed by atoms with Gasteiger partial charge in [-0.2, -0.15) is 0 Å². The van der Waals surface area contributed by atoms with Crippen molar-refractivity contribution in [1.29, 1.82) is 0 Å². The Morgan fingerprint density at radius 3 is 2.26 bits per heavy atom. The molecule has 3 nitrogen and oxygen atoms in total. The molecule has 0 spiro atoms. The monoisotopic (exact) mass is 276 g/mol. The van der Waals surface area contributed by atoms with Crippen molar-refractivity contribution in [2.75, 3.05) is 7.11 Å². The second kappa shape index (κ2) is 6.06. The zero-order chi connectivity index (χ0) is 13.8. The Bertz CT molecular complexity index is 555. The number of hydrogen-bond donors (Lipinski definition) is 2. The number of nitrogens with two attached hydrogens (primary N) is 1. The molecule has 2 aromatic rings. The van der Waals surface area contributed by atoms with Gasteiger partial charge in [-0.1, -0.05) is 35.9 Å². The number of aryl methyl sites for hydroxylation is 1. The molecule has 0 bridgehead atoms. The first-order valence-corrected chi connectivity index (χ1v) is 6.39. The zero-order valence-electron chi connectivity index (χ0n) is 11.0. The van der Waals surface area contributed by atoms with Crippen LogP contribution in [-0.4, -0.2) is 7.11 Å². The highest BCUT2D eigenvalue weighted by molar-refractivity contribution is 6.31. The number of hydrazine groups is 1.